The van der Waals surface area contributed by atoms with Crippen LogP contribution in [-0.2, 0) is 6.42 Å². The average Bonchev–Trinajstić information content (AvgIpc) is 2.26. The highest BCUT2D eigenvalue weighted by Crippen LogP contribution is 2.29. The van der Waals surface area contributed by atoms with E-state index in [1.54, 1.807) is 7.11 Å². The van der Waals surface area contributed by atoms with Gasteiger partial charge in [-0.25, -0.2) is 0 Å². The molecule has 0 atom stereocenters. The lowest BCUT2D eigenvalue weighted by atomic mass is 9.85. The van der Waals surface area contributed by atoms with Crippen molar-refractivity contribution < 1.29 is 4.74 Å². The summed E-state index contributed by atoms with van der Waals surface area (Å²) in [5, 5.41) is 3.51. The number of benzene rings is 1. The maximum Gasteiger partial charge on any atom is 0.133 e. The Hall–Kier alpha value is -0.540. The zero-order valence-electron chi connectivity index (χ0n) is 12.0. The van der Waals surface area contributed by atoms with Crippen LogP contribution in [0.15, 0.2) is 22.7 Å². The fourth-order valence-corrected chi connectivity index (χ4v) is 2.50. The summed E-state index contributed by atoms with van der Waals surface area (Å²) in [5.74, 6) is 0.886. The Kier molecular flexibility index (Phi) is 5.67. The van der Waals surface area contributed by atoms with Crippen LogP contribution in [0.4, 0.5) is 0 Å². The highest BCUT2D eigenvalue weighted by molar-refractivity contribution is 9.10. The zero-order valence-corrected chi connectivity index (χ0v) is 13.6. The molecule has 0 aliphatic heterocycles. The molecule has 0 saturated heterocycles. The van der Waals surface area contributed by atoms with Gasteiger partial charge in [0.05, 0.1) is 11.6 Å². The van der Waals surface area contributed by atoms with Gasteiger partial charge in [-0.05, 0) is 45.5 Å². The third-order valence-electron chi connectivity index (χ3n) is 2.89. The summed E-state index contributed by atoms with van der Waals surface area (Å²) >= 11 is 3.54. The van der Waals surface area contributed by atoms with E-state index in [9.17, 15) is 0 Å². The fraction of sp³-hybridized carbons (Fsp3) is 0.600. The van der Waals surface area contributed by atoms with Crippen LogP contribution >= 0.6 is 15.9 Å². The quantitative estimate of drug-likeness (QED) is 0.856. The molecule has 0 radical (unpaired) electrons. The molecular formula is C15H24BrNO. The summed E-state index contributed by atoms with van der Waals surface area (Å²) in [4.78, 5) is 0. The minimum atomic E-state index is 0.248. The van der Waals surface area contributed by atoms with E-state index in [1.807, 2.05) is 6.07 Å². The molecule has 0 heterocycles. The van der Waals surface area contributed by atoms with Gasteiger partial charge in [0.15, 0.2) is 0 Å². The average molecular weight is 314 g/mol. The number of nitrogens with one attached hydrogen (secondary N) is 1. The lowest BCUT2D eigenvalue weighted by Gasteiger charge is -2.26. The van der Waals surface area contributed by atoms with Gasteiger partial charge in [0, 0.05) is 12.6 Å². The van der Waals surface area contributed by atoms with E-state index in [1.165, 1.54) is 5.56 Å². The Morgan fingerprint density at radius 1 is 1.33 bits per heavy atom. The zero-order chi connectivity index (χ0) is 13.8. The largest absolute Gasteiger partial charge is 0.496 e. The van der Waals surface area contributed by atoms with E-state index in [-0.39, 0.29) is 5.41 Å². The van der Waals surface area contributed by atoms with Crippen molar-refractivity contribution in [2.24, 2.45) is 5.41 Å². The molecule has 0 aliphatic rings. The molecule has 1 N–H and O–H groups in total. The topological polar surface area (TPSA) is 21.3 Å². The van der Waals surface area contributed by atoms with Crippen molar-refractivity contribution in [3.63, 3.8) is 0 Å². The molecule has 0 saturated carbocycles. The monoisotopic (exact) mass is 313 g/mol. The number of hydrogen-bond acceptors (Lipinski definition) is 2. The number of rotatable bonds is 6. The van der Waals surface area contributed by atoms with Crippen LogP contribution in [0.25, 0.3) is 0 Å². The number of methoxy groups -OCH3 is 1. The second-order valence-corrected chi connectivity index (χ2v) is 6.70. The number of hydrogen-bond donors (Lipinski definition) is 1. The second kappa shape index (κ2) is 6.58. The van der Waals surface area contributed by atoms with Gasteiger partial charge in [-0.2, -0.15) is 0 Å². The fourth-order valence-electron chi connectivity index (χ4n) is 1.92. The van der Waals surface area contributed by atoms with Crippen LogP contribution < -0.4 is 10.1 Å². The van der Waals surface area contributed by atoms with Crippen molar-refractivity contribution in [2.75, 3.05) is 13.7 Å². The SMILES string of the molecule is COc1ccc(CC(C)(C)CNC(C)C)cc1Br. The van der Waals surface area contributed by atoms with E-state index in [2.05, 4.69) is 61.1 Å². The van der Waals surface area contributed by atoms with Gasteiger partial charge in [0.25, 0.3) is 0 Å². The first-order chi connectivity index (χ1) is 8.34. The number of ether oxygens (including phenoxy) is 1. The summed E-state index contributed by atoms with van der Waals surface area (Å²) in [6.45, 7) is 9.97. The summed E-state index contributed by atoms with van der Waals surface area (Å²) in [5.41, 5.74) is 1.58. The first kappa shape index (κ1) is 15.5. The minimum Gasteiger partial charge on any atom is -0.496 e. The highest BCUT2D eigenvalue weighted by Gasteiger charge is 2.19. The van der Waals surface area contributed by atoms with Gasteiger partial charge >= 0.3 is 0 Å². The Bertz CT molecular complexity index is 388. The lowest BCUT2D eigenvalue weighted by Crippen LogP contribution is -2.35. The molecule has 1 aromatic carbocycles. The Labute approximate surface area is 119 Å². The standard InChI is InChI=1S/C15H24BrNO/c1-11(2)17-10-15(3,4)9-12-6-7-14(18-5)13(16)8-12/h6-8,11,17H,9-10H2,1-5H3. The molecule has 3 heteroatoms. The molecule has 0 aliphatic carbocycles. The van der Waals surface area contributed by atoms with Crippen molar-refractivity contribution in [3.8, 4) is 5.75 Å². The first-order valence-electron chi connectivity index (χ1n) is 6.40. The van der Waals surface area contributed by atoms with Gasteiger partial charge < -0.3 is 10.1 Å². The van der Waals surface area contributed by atoms with Gasteiger partial charge in [-0.1, -0.05) is 33.8 Å². The molecule has 1 aromatic rings. The van der Waals surface area contributed by atoms with Crippen LogP contribution in [0.2, 0.25) is 0 Å². The molecule has 102 valence electrons. The van der Waals surface area contributed by atoms with Crippen molar-refractivity contribution in [2.45, 2.75) is 40.2 Å². The number of halogens is 1. The van der Waals surface area contributed by atoms with E-state index in [0.717, 1.165) is 23.2 Å². The summed E-state index contributed by atoms with van der Waals surface area (Å²) in [6, 6.07) is 6.84. The second-order valence-electron chi connectivity index (χ2n) is 5.85. The Balaban J connectivity index is 2.68. The van der Waals surface area contributed by atoms with Gasteiger partial charge in [-0.15, -0.1) is 0 Å². The molecule has 0 bridgehead atoms. The van der Waals surface area contributed by atoms with Crippen LogP contribution in [-0.4, -0.2) is 19.7 Å². The Morgan fingerprint density at radius 3 is 2.50 bits per heavy atom. The van der Waals surface area contributed by atoms with E-state index in [4.69, 9.17) is 4.74 Å². The van der Waals surface area contributed by atoms with Crippen molar-refractivity contribution in [1.29, 1.82) is 0 Å². The summed E-state index contributed by atoms with van der Waals surface area (Å²) in [6.07, 6.45) is 1.05. The van der Waals surface area contributed by atoms with Gasteiger partial charge in [0.1, 0.15) is 5.75 Å². The Morgan fingerprint density at radius 2 is 2.00 bits per heavy atom. The predicted molar refractivity (Wildman–Crippen MR) is 81.3 cm³/mol. The first-order valence-corrected chi connectivity index (χ1v) is 7.19. The molecule has 0 spiro atoms. The molecule has 0 amide bonds. The van der Waals surface area contributed by atoms with Crippen LogP contribution in [0.1, 0.15) is 33.3 Å². The molecule has 18 heavy (non-hydrogen) atoms. The maximum absolute atomic E-state index is 5.25. The molecule has 0 unspecified atom stereocenters. The van der Waals surface area contributed by atoms with E-state index >= 15 is 0 Å². The van der Waals surface area contributed by atoms with Crippen LogP contribution in [0.3, 0.4) is 0 Å². The maximum atomic E-state index is 5.25. The van der Waals surface area contributed by atoms with Crippen LogP contribution in [0.5, 0.6) is 5.75 Å². The van der Waals surface area contributed by atoms with E-state index in [0.29, 0.717) is 6.04 Å². The molecule has 2 nitrogen and oxygen atoms in total. The molecule has 0 fully saturated rings. The van der Waals surface area contributed by atoms with Gasteiger partial charge in [-0.3, -0.25) is 0 Å². The predicted octanol–water partition coefficient (Wildman–Crippen LogP) is 4.02. The van der Waals surface area contributed by atoms with Crippen LogP contribution in [0, 0.1) is 5.41 Å². The highest BCUT2D eigenvalue weighted by atomic mass is 79.9. The summed E-state index contributed by atoms with van der Waals surface area (Å²) in [7, 11) is 1.69. The normalized spacial score (nSPS) is 11.9. The third kappa shape index (κ3) is 4.99. The van der Waals surface area contributed by atoms with Gasteiger partial charge in [0.2, 0.25) is 0 Å². The molecular weight excluding hydrogens is 290 g/mol. The minimum absolute atomic E-state index is 0.248. The third-order valence-corrected chi connectivity index (χ3v) is 3.51. The molecule has 1 rings (SSSR count). The summed E-state index contributed by atoms with van der Waals surface area (Å²) < 4.78 is 6.27. The van der Waals surface area contributed by atoms with Crippen molar-refractivity contribution in [1.82, 2.24) is 5.32 Å². The molecule has 0 aromatic heterocycles. The van der Waals surface area contributed by atoms with Crippen molar-refractivity contribution >= 4 is 15.9 Å². The smallest absolute Gasteiger partial charge is 0.133 e. The lowest BCUT2D eigenvalue weighted by molar-refractivity contribution is 0.325. The van der Waals surface area contributed by atoms with Crippen molar-refractivity contribution in [3.05, 3.63) is 28.2 Å². The van der Waals surface area contributed by atoms with E-state index < -0.39 is 0 Å².